The van der Waals surface area contributed by atoms with E-state index in [2.05, 4.69) is 9.97 Å². The second kappa shape index (κ2) is 4.81. The van der Waals surface area contributed by atoms with Crippen molar-refractivity contribution in [3.05, 3.63) is 36.2 Å². The Kier molecular flexibility index (Phi) is 3.22. The quantitative estimate of drug-likeness (QED) is 0.817. The lowest BCUT2D eigenvalue weighted by atomic mass is 10.2. The first-order valence-electron chi connectivity index (χ1n) is 5.22. The van der Waals surface area contributed by atoms with Crippen LogP contribution in [0.1, 0.15) is 5.69 Å². The molecule has 0 amide bonds. The van der Waals surface area contributed by atoms with Crippen molar-refractivity contribution in [2.24, 2.45) is 5.73 Å². The number of imidazole rings is 1. The van der Waals surface area contributed by atoms with Gasteiger partial charge < -0.3 is 15.5 Å². The van der Waals surface area contributed by atoms with Gasteiger partial charge in [0.1, 0.15) is 11.6 Å². The molecule has 0 atom stereocenters. The van der Waals surface area contributed by atoms with Gasteiger partial charge >= 0.3 is 0 Å². The molecular formula is C12H15N3O. The molecule has 1 aromatic heterocycles. The average Bonchev–Trinajstić information content (AvgIpc) is 2.78. The van der Waals surface area contributed by atoms with Gasteiger partial charge in [0.25, 0.3) is 0 Å². The van der Waals surface area contributed by atoms with E-state index >= 15 is 0 Å². The van der Waals surface area contributed by atoms with Crippen LogP contribution in [-0.4, -0.2) is 23.6 Å². The van der Waals surface area contributed by atoms with Crippen molar-refractivity contribution in [2.75, 3.05) is 13.7 Å². The highest BCUT2D eigenvalue weighted by atomic mass is 16.5. The summed E-state index contributed by atoms with van der Waals surface area (Å²) in [5.41, 5.74) is 7.50. The van der Waals surface area contributed by atoms with Gasteiger partial charge in [-0.15, -0.1) is 0 Å². The normalized spacial score (nSPS) is 10.4. The highest BCUT2D eigenvalue weighted by Gasteiger charge is 2.08. The first-order chi connectivity index (χ1) is 7.85. The summed E-state index contributed by atoms with van der Waals surface area (Å²) in [5.74, 6) is 1.64. The Morgan fingerprint density at radius 2 is 2.19 bits per heavy atom. The Morgan fingerprint density at radius 1 is 1.38 bits per heavy atom. The third kappa shape index (κ3) is 2.06. The maximum absolute atomic E-state index is 5.49. The topological polar surface area (TPSA) is 63.9 Å². The van der Waals surface area contributed by atoms with Crippen molar-refractivity contribution >= 4 is 0 Å². The number of para-hydroxylation sites is 1. The molecule has 4 heteroatoms. The van der Waals surface area contributed by atoms with Crippen molar-refractivity contribution in [3.8, 4) is 17.1 Å². The molecule has 0 fully saturated rings. The van der Waals surface area contributed by atoms with Crippen LogP contribution in [0.3, 0.4) is 0 Å². The van der Waals surface area contributed by atoms with Crippen LogP contribution < -0.4 is 10.5 Å². The summed E-state index contributed by atoms with van der Waals surface area (Å²) in [6, 6.07) is 7.79. The predicted molar refractivity (Wildman–Crippen MR) is 63.3 cm³/mol. The maximum atomic E-state index is 5.49. The number of nitrogens with zero attached hydrogens (tertiary/aromatic N) is 1. The fraction of sp³-hybridized carbons (Fsp3) is 0.250. The van der Waals surface area contributed by atoms with Crippen LogP contribution in [-0.2, 0) is 6.42 Å². The third-order valence-corrected chi connectivity index (χ3v) is 2.40. The maximum Gasteiger partial charge on any atom is 0.141 e. The molecule has 1 aromatic carbocycles. The van der Waals surface area contributed by atoms with Gasteiger partial charge in [-0.1, -0.05) is 12.1 Å². The number of benzene rings is 1. The fourth-order valence-corrected chi connectivity index (χ4v) is 1.62. The van der Waals surface area contributed by atoms with Crippen LogP contribution in [0.25, 0.3) is 11.4 Å². The lowest BCUT2D eigenvalue weighted by Crippen LogP contribution is -2.02. The van der Waals surface area contributed by atoms with Crippen molar-refractivity contribution < 1.29 is 4.74 Å². The van der Waals surface area contributed by atoms with Crippen LogP contribution in [0.2, 0.25) is 0 Å². The zero-order valence-electron chi connectivity index (χ0n) is 9.23. The van der Waals surface area contributed by atoms with Crippen LogP contribution >= 0.6 is 0 Å². The zero-order chi connectivity index (χ0) is 11.4. The number of aromatic nitrogens is 2. The van der Waals surface area contributed by atoms with Gasteiger partial charge in [-0.25, -0.2) is 4.98 Å². The second-order valence-electron chi connectivity index (χ2n) is 3.50. The summed E-state index contributed by atoms with van der Waals surface area (Å²) in [6.45, 7) is 0.619. The molecular weight excluding hydrogens is 202 g/mol. The Labute approximate surface area is 94.5 Å². The van der Waals surface area contributed by atoms with Crippen LogP contribution in [0.4, 0.5) is 0 Å². The number of nitrogens with one attached hydrogen (secondary N) is 1. The van der Waals surface area contributed by atoms with Crippen molar-refractivity contribution in [2.45, 2.75) is 6.42 Å². The molecule has 2 rings (SSSR count). The van der Waals surface area contributed by atoms with E-state index in [1.807, 2.05) is 30.5 Å². The molecule has 1 heterocycles. The van der Waals surface area contributed by atoms with Crippen LogP contribution in [0.15, 0.2) is 30.5 Å². The molecule has 3 N–H and O–H groups in total. The van der Waals surface area contributed by atoms with Gasteiger partial charge in [-0.3, -0.25) is 0 Å². The monoisotopic (exact) mass is 217 g/mol. The van der Waals surface area contributed by atoms with Crippen LogP contribution in [0, 0.1) is 0 Å². The lowest BCUT2D eigenvalue weighted by molar-refractivity contribution is 0.416. The van der Waals surface area contributed by atoms with Gasteiger partial charge in [0.15, 0.2) is 0 Å². The van der Waals surface area contributed by atoms with Gasteiger partial charge in [-0.05, 0) is 18.7 Å². The molecule has 0 aliphatic heterocycles. The molecule has 0 radical (unpaired) electrons. The summed E-state index contributed by atoms with van der Waals surface area (Å²) >= 11 is 0. The van der Waals surface area contributed by atoms with E-state index in [1.54, 1.807) is 7.11 Å². The number of rotatable bonds is 4. The summed E-state index contributed by atoms with van der Waals surface area (Å²) in [7, 11) is 1.66. The number of hydrogen-bond acceptors (Lipinski definition) is 3. The smallest absolute Gasteiger partial charge is 0.141 e. The van der Waals surface area contributed by atoms with Crippen molar-refractivity contribution in [1.82, 2.24) is 9.97 Å². The van der Waals surface area contributed by atoms with E-state index in [9.17, 15) is 0 Å². The fourth-order valence-electron chi connectivity index (χ4n) is 1.62. The number of hydrogen-bond donors (Lipinski definition) is 2. The van der Waals surface area contributed by atoms with E-state index in [0.717, 1.165) is 29.3 Å². The highest BCUT2D eigenvalue weighted by Crippen LogP contribution is 2.26. The highest BCUT2D eigenvalue weighted by molar-refractivity contribution is 5.64. The van der Waals surface area contributed by atoms with Crippen molar-refractivity contribution in [3.63, 3.8) is 0 Å². The molecule has 0 unspecified atom stereocenters. The van der Waals surface area contributed by atoms with E-state index in [1.165, 1.54) is 0 Å². The lowest BCUT2D eigenvalue weighted by Gasteiger charge is -2.04. The second-order valence-corrected chi connectivity index (χ2v) is 3.50. The Bertz CT molecular complexity index is 465. The van der Waals surface area contributed by atoms with E-state index in [4.69, 9.17) is 10.5 Å². The van der Waals surface area contributed by atoms with E-state index in [-0.39, 0.29) is 0 Å². The summed E-state index contributed by atoms with van der Waals surface area (Å²) in [5, 5.41) is 0. The van der Waals surface area contributed by atoms with E-state index < -0.39 is 0 Å². The molecule has 0 saturated carbocycles. The van der Waals surface area contributed by atoms with Crippen LogP contribution in [0.5, 0.6) is 5.75 Å². The van der Waals surface area contributed by atoms with Gasteiger partial charge in [0, 0.05) is 18.3 Å². The molecule has 2 aromatic rings. The molecule has 0 saturated heterocycles. The Hall–Kier alpha value is -1.81. The number of aromatic amines is 1. The van der Waals surface area contributed by atoms with Gasteiger partial charge in [0.2, 0.25) is 0 Å². The summed E-state index contributed by atoms with van der Waals surface area (Å²) < 4.78 is 5.28. The number of methoxy groups -OCH3 is 1. The first-order valence-corrected chi connectivity index (χ1v) is 5.22. The van der Waals surface area contributed by atoms with Crippen molar-refractivity contribution in [1.29, 1.82) is 0 Å². The molecule has 16 heavy (non-hydrogen) atoms. The standard InChI is InChI=1S/C12H15N3O/c1-16-11-5-3-2-4-10(11)12-14-8-9(15-12)6-7-13/h2-5,8H,6-7,13H2,1H3,(H,14,15). The molecule has 0 aliphatic carbocycles. The number of nitrogens with two attached hydrogens (primary N) is 1. The molecule has 0 aliphatic rings. The molecule has 0 bridgehead atoms. The number of ether oxygens (including phenoxy) is 1. The van der Waals surface area contributed by atoms with Gasteiger partial charge in [0.05, 0.1) is 12.7 Å². The zero-order valence-corrected chi connectivity index (χ0v) is 9.23. The summed E-state index contributed by atoms with van der Waals surface area (Å²) in [4.78, 5) is 7.56. The minimum absolute atomic E-state index is 0.619. The molecule has 4 nitrogen and oxygen atoms in total. The number of H-pyrrole nitrogens is 1. The Balaban J connectivity index is 2.34. The minimum atomic E-state index is 0.619. The predicted octanol–water partition coefficient (Wildman–Crippen LogP) is 1.59. The van der Waals surface area contributed by atoms with E-state index in [0.29, 0.717) is 6.54 Å². The van der Waals surface area contributed by atoms with Gasteiger partial charge in [-0.2, -0.15) is 0 Å². The largest absolute Gasteiger partial charge is 0.496 e. The molecule has 0 spiro atoms. The molecule has 84 valence electrons. The summed E-state index contributed by atoms with van der Waals surface area (Å²) in [6.07, 6.45) is 2.62. The SMILES string of the molecule is COc1ccccc1-c1ncc(CCN)[nH]1. The first kappa shape index (κ1) is 10.7. The average molecular weight is 217 g/mol. The Morgan fingerprint density at radius 3 is 2.94 bits per heavy atom. The minimum Gasteiger partial charge on any atom is -0.496 e. The third-order valence-electron chi connectivity index (χ3n) is 2.40.